The predicted molar refractivity (Wildman–Crippen MR) is 87.8 cm³/mol. The minimum Gasteiger partial charge on any atom is -0.497 e. The molecule has 0 heterocycles. The maximum atomic E-state index is 5.35. The molecule has 4 nitrogen and oxygen atoms in total. The Hall–Kier alpha value is -1.49. The van der Waals surface area contributed by atoms with Crippen molar-refractivity contribution in [3.05, 3.63) is 18.2 Å². The van der Waals surface area contributed by atoms with E-state index in [0.717, 1.165) is 17.2 Å². The molecular formula is C15H24N2O2S. The SMILES string of the molecule is COc1ccc(OC)c(NC(=S)NC(C)C(C)(C)C)c1. The van der Waals surface area contributed by atoms with E-state index in [1.165, 1.54) is 0 Å². The van der Waals surface area contributed by atoms with Gasteiger partial charge in [0.2, 0.25) is 0 Å². The summed E-state index contributed by atoms with van der Waals surface area (Å²) in [5.41, 5.74) is 0.912. The highest BCUT2D eigenvalue weighted by Crippen LogP contribution is 2.29. The molecule has 1 aromatic rings. The summed E-state index contributed by atoms with van der Waals surface area (Å²) in [4.78, 5) is 0. The molecule has 0 fully saturated rings. The monoisotopic (exact) mass is 296 g/mol. The summed E-state index contributed by atoms with van der Waals surface area (Å²) < 4.78 is 10.5. The van der Waals surface area contributed by atoms with Crippen molar-refractivity contribution in [2.45, 2.75) is 33.7 Å². The zero-order chi connectivity index (χ0) is 15.3. The third-order valence-electron chi connectivity index (χ3n) is 3.30. The molecule has 2 N–H and O–H groups in total. The molecule has 1 aromatic carbocycles. The maximum absolute atomic E-state index is 5.35. The average molecular weight is 296 g/mol. The van der Waals surface area contributed by atoms with E-state index in [1.54, 1.807) is 14.2 Å². The fourth-order valence-corrected chi connectivity index (χ4v) is 1.77. The number of nitrogens with one attached hydrogen (secondary N) is 2. The van der Waals surface area contributed by atoms with Crippen LogP contribution < -0.4 is 20.1 Å². The molecule has 0 saturated heterocycles. The van der Waals surface area contributed by atoms with E-state index in [-0.39, 0.29) is 11.5 Å². The molecular weight excluding hydrogens is 272 g/mol. The smallest absolute Gasteiger partial charge is 0.171 e. The van der Waals surface area contributed by atoms with Crippen LogP contribution in [-0.4, -0.2) is 25.4 Å². The van der Waals surface area contributed by atoms with E-state index in [9.17, 15) is 0 Å². The van der Waals surface area contributed by atoms with Gasteiger partial charge in [-0.2, -0.15) is 0 Å². The fourth-order valence-electron chi connectivity index (χ4n) is 1.48. The van der Waals surface area contributed by atoms with Gasteiger partial charge in [0.25, 0.3) is 0 Å². The van der Waals surface area contributed by atoms with Crippen LogP contribution in [0, 0.1) is 5.41 Å². The maximum Gasteiger partial charge on any atom is 0.171 e. The number of hydrogen-bond donors (Lipinski definition) is 2. The molecule has 0 amide bonds. The van der Waals surface area contributed by atoms with Gasteiger partial charge in [-0.25, -0.2) is 0 Å². The van der Waals surface area contributed by atoms with Gasteiger partial charge in [-0.05, 0) is 36.7 Å². The Morgan fingerprint density at radius 1 is 1.20 bits per heavy atom. The Morgan fingerprint density at radius 2 is 1.85 bits per heavy atom. The molecule has 0 spiro atoms. The van der Waals surface area contributed by atoms with Crippen LogP contribution in [0.4, 0.5) is 5.69 Å². The topological polar surface area (TPSA) is 42.5 Å². The van der Waals surface area contributed by atoms with Crippen LogP contribution in [0.3, 0.4) is 0 Å². The van der Waals surface area contributed by atoms with Crippen LogP contribution in [-0.2, 0) is 0 Å². The van der Waals surface area contributed by atoms with Gasteiger partial charge in [0.05, 0.1) is 19.9 Å². The summed E-state index contributed by atoms with van der Waals surface area (Å²) in [6, 6.07) is 5.79. The first-order valence-electron chi connectivity index (χ1n) is 6.57. The Kier molecular flexibility index (Phi) is 5.62. The predicted octanol–water partition coefficient (Wildman–Crippen LogP) is 3.42. The van der Waals surface area contributed by atoms with Crippen LogP contribution in [0.1, 0.15) is 27.7 Å². The van der Waals surface area contributed by atoms with Crippen LogP contribution in [0.2, 0.25) is 0 Å². The molecule has 0 aromatic heterocycles. The van der Waals surface area contributed by atoms with Gasteiger partial charge in [-0.3, -0.25) is 0 Å². The second-order valence-electron chi connectivity index (χ2n) is 5.75. The van der Waals surface area contributed by atoms with E-state index in [4.69, 9.17) is 21.7 Å². The molecule has 1 unspecified atom stereocenters. The molecule has 0 aliphatic heterocycles. The van der Waals surface area contributed by atoms with Crippen molar-refractivity contribution in [3.63, 3.8) is 0 Å². The molecule has 0 radical (unpaired) electrons. The van der Waals surface area contributed by atoms with Crippen LogP contribution in [0.5, 0.6) is 11.5 Å². The number of ether oxygens (including phenoxy) is 2. The fraction of sp³-hybridized carbons (Fsp3) is 0.533. The molecule has 0 aliphatic carbocycles. The highest BCUT2D eigenvalue weighted by molar-refractivity contribution is 7.80. The first-order valence-corrected chi connectivity index (χ1v) is 6.98. The van der Waals surface area contributed by atoms with Crippen molar-refractivity contribution < 1.29 is 9.47 Å². The van der Waals surface area contributed by atoms with Crippen molar-refractivity contribution in [2.75, 3.05) is 19.5 Å². The lowest BCUT2D eigenvalue weighted by Gasteiger charge is -2.29. The van der Waals surface area contributed by atoms with E-state index in [0.29, 0.717) is 5.11 Å². The zero-order valence-corrected chi connectivity index (χ0v) is 13.9. The Bertz CT molecular complexity index is 469. The van der Waals surface area contributed by atoms with Crippen LogP contribution in [0.25, 0.3) is 0 Å². The first kappa shape index (κ1) is 16.6. The lowest BCUT2D eigenvalue weighted by Crippen LogP contribution is -2.43. The third kappa shape index (κ3) is 4.56. The van der Waals surface area contributed by atoms with Crippen LogP contribution in [0.15, 0.2) is 18.2 Å². The van der Waals surface area contributed by atoms with E-state index < -0.39 is 0 Å². The van der Waals surface area contributed by atoms with Crippen molar-refractivity contribution in [1.29, 1.82) is 0 Å². The minimum absolute atomic E-state index is 0.129. The Balaban J connectivity index is 2.79. The quantitative estimate of drug-likeness (QED) is 0.833. The molecule has 1 rings (SSSR count). The first-order chi connectivity index (χ1) is 9.27. The molecule has 5 heteroatoms. The second kappa shape index (κ2) is 6.79. The van der Waals surface area contributed by atoms with E-state index in [2.05, 4.69) is 38.3 Å². The number of anilines is 1. The van der Waals surface area contributed by atoms with Gasteiger partial charge in [-0.1, -0.05) is 20.8 Å². The molecule has 20 heavy (non-hydrogen) atoms. The average Bonchev–Trinajstić information content (AvgIpc) is 2.37. The third-order valence-corrected chi connectivity index (χ3v) is 3.52. The molecule has 1 atom stereocenters. The van der Waals surface area contributed by atoms with E-state index >= 15 is 0 Å². The van der Waals surface area contributed by atoms with Crippen molar-refractivity contribution in [1.82, 2.24) is 5.32 Å². The van der Waals surface area contributed by atoms with Crippen molar-refractivity contribution >= 4 is 23.0 Å². The lowest BCUT2D eigenvalue weighted by atomic mass is 9.88. The minimum atomic E-state index is 0.129. The summed E-state index contributed by atoms with van der Waals surface area (Å²) in [6.45, 7) is 8.61. The molecule has 0 bridgehead atoms. The lowest BCUT2D eigenvalue weighted by molar-refractivity contribution is 0.317. The van der Waals surface area contributed by atoms with Crippen molar-refractivity contribution in [3.8, 4) is 11.5 Å². The molecule has 0 aliphatic rings. The van der Waals surface area contributed by atoms with Gasteiger partial charge in [0, 0.05) is 12.1 Å². The Morgan fingerprint density at radius 3 is 2.35 bits per heavy atom. The number of benzene rings is 1. The van der Waals surface area contributed by atoms with Gasteiger partial charge in [0.1, 0.15) is 11.5 Å². The number of thiocarbonyl (C=S) groups is 1. The summed E-state index contributed by atoms with van der Waals surface area (Å²) in [5.74, 6) is 1.47. The Labute approximate surface area is 126 Å². The number of rotatable bonds is 4. The van der Waals surface area contributed by atoms with Gasteiger partial charge < -0.3 is 20.1 Å². The number of hydrogen-bond acceptors (Lipinski definition) is 3. The van der Waals surface area contributed by atoms with E-state index in [1.807, 2.05) is 18.2 Å². The molecule has 112 valence electrons. The van der Waals surface area contributed by atoms with Crippen LogP contribution >= 0.6 is 12.2 Å². The van der Waals surface area contributed by atoms with Crippen molar-refractivity contribution in [2.24, 2.45) is 5.41 Å². The second-order valence-corrected chi connectivity index (χ2v) is 6.16. The molecule has 0 saturated carbocycles. The summed E-state index contributed by atoms with van der Waals surface area (Å²) in [6.07, 6.45) is 0. The summed E-state index contributed by atoms with van der Waals surface area (Å²) >= 11 is 5.35. The summed E-state index contributed by atoms with van der Waals surface area (Å²) in [5, 5.41) is 7.00. The number of methoxy groups -OCH3 is 2. The van der Waals surface area contributed by atoms with Gasteiger partial charge in [0.15, 0.2) is 5.11 Å². The standard InChI is InChI=1S/C15H24N2O2S/c1-10(15(2,3)4)16-14(20)17-12-9-11(18-5)7-8-13(12)19-6/h7-10H,1-6H3,(H2,16,17,20). The normalized spacial score (nSPS) is 12.5. The summed E-state index contributed by atoms with van der Waals surface area (Å²) in [7, 11) is 3.26. The van der Waals surface area contributed by atoms with Gasteiger partial charge >= 0.3 is 0 Å². The largest absolute Gasteiger partial charge is 0.497 e. The highest BCUT2D eigenvalue weighted by Gasteiger charge is 2.20. The highest BCUT2D eigenvalue weighted by atomic mass is 32.1. The zero-order valence-electron chi connectivity index (χ0n) is 13.0. The van der Waals surface area contributed by atoms with Gasteiger partial charge in [-0.15, -0.1) is 0 Å².